The number of nitrogens with zero attached hydrogens (tertiary/aromatic N) is 2. The second kappa shape index (κ2) is 3.33. The molecule has 16 heavy (non-hydrogen) atoms. The molecule has 0 saturated carbocycles. The number of nitrogens with one attached hydrogen (secondary N) is 2. The molecule has 0 aliphatic rings. The summed E-state index contributed by atoms with van der Waals surface area (Å²) in [6, 6.07) is 0. The SMILES string of the molecule is CC(C)(C)Cn1c(=O)[nH]c(=O)c2[nH]cnc21. The Bertz CT molecular complexity index is 627. The highest BCUT2D eigenvalue weighted by Crippen LogP contribution is 2.16. The molecule has 0 bridgehead atoms. The van der Waals surface area contributed by atoms with Gasteiger partial charge in [0.05, 0.1) is 6.33 Å². The summed E-state index contributed by atoms with van der Waals surface area (Å²) in [7, 11) is 0. The molecule has 6 nitrogen and oxygen atoms in total. The first-order chi connectivity index (χ1) is 7.38. The first-order valence-electron chi connectivity index (χ1n) is 5.05. The molecule has 0 spiro atoms. The zero-order valence-corrected chi connectivity index (χ0v) is 9.50. The van der Waals surface area contributed by atoms with Gasteiger partial charge in [0.15, 0.2) is 5.65 Å². The van der Waals surface area contributed by atoms with E-state index in [1.807, 2.05) is 20.8 Å². The van der Waals surface area contributed by atoms with E-state index in [0.717, 1.165) is 0 Å². The van der Waals surface area contributed by atoms with Crippen molar-refractivity contribution < 1.29 is 0 Å². The van der Waals surface area contributed by atoms with Gasteiger partial charge in [-0.05, 0) is 5.41 Å². The van der Waals surface area contributed by atoms with Gasteiger partial charge in [-0.25, -0.2) is 9.78 Å². The maximum atomic E-state index is 11.7. The fourth-order valence-corrected chi connectivity index (χ4v) is 1.60. The fourth-order valence-electron chi connectivity index (χ4n) is 1.60. The minimum Gasteiger partial charge on any atom is -0.339 e. The Hall–Kier alpha value is -1.85. The van der Waals surface area contributed by atoms with Gasteiger partial charge in [0, 0.05) is 6.54 Å². The lowest BCUT2D eigenvalue weighted by atomic mass is 9.97. The van der Waals surface area contributed by atoms with E-state index in [4.69, 9.17) is 0 Å². The zero-order chi connectivity index (χ0) is 11.9. The van der Waals surface area contributed by atoms with Crippen LogP contribution in [-0.2, 0) is 6.54 Å². The third-order valence-corrected chi connectivity index (χ3v) is 2.20. The van der Waals surface area contributed by atoms with Crippen molar-refractivity contribution in [1.82, 2.24) is 19.5 Å². The van der Waals surface area contributed by atoms with E-state index in [1.54, 1.807) is 0 Å². The largest absolute Gasteiger partial charge is 0.339 e. The van der Waals surface area contributed by atoms with Crippen molar-refractivity contribution in [3.05, 3.63) is 27.2 Å². The van der Waals surface area contributed by atoms with Crippen LogP contribution in [0.3, 0.4) is 0 Å². The molecule has 0 aliphatic heterocycles. The first-order valence-corrected chi connectivity index (χ1v) is 5.05. The molecular formula is C10H14N4O2. The van der Waals surface area contributed by atoms with E-state index in [0.29, 0.717) is 17.7 Å². The normalized spacial score (nSPS) is 12.2. The summed E-state index contributed by atoms with van der Waals surface area (Å²) in [4.78, 5) is 32.1. The lowest BCUT2D eigenvalue weighted by molar-refractivity contribution is 0.340. The monoisotopic (exact) mass is 222 g/mol. The minimum absolute atomic E-state index is 0.0616. The number of H-pyrrole nitrogens is 2. The predicted octanol–water partition coefficient (Wildman–Crippen LogP) is 0.459. The molecule has 0 unspecified atom stereocenters. The highest BCUT2D eigenvalue weighted by Gasteiger charge is 2.16. The van der Waals surface area contributed by atoms with Crippen LogP contribution in [0.25, 0.3) is 11.2 Å². The van der Waals surface area contributed by atoms with Crippen LogP contribution in [-0.4, -0.2) is 19.5 Å². The average Bonchev–Trinajstić information content (AvgIpc) is 2.59. The van der Waals surface area contributed by atoms with Gasteiger partial charge in [0.1, 0.15) is 5.52 Å². The summed E-state index contributed by atoms with van der Waals surface area (Å²) >= 11 is 0. The zero-order valence-electron chi connectivity index (χ0n) is 9.50. The fraction of sp³-hybridized carbons (Fsp3) is 0.500. The van der Waals surface area contributed by atoms with Crippen LogP contribution in [0.2, 0.25) is 0 Å². The Kier molecular flexibility index (Phi) is 2.22. The number of imidazole rings is 1. The maximum Gasteiger partial charge on any atom is 0.330 e. The topological polar surface area (TPSA) is 83.5 Å². The van der Waals surface area contributed by atoms with Crippen LogP contribution >= 0.6 is 0 Å². The van der Waals surface area contributed by atoms with Gasteiger partial charge < -0.3 is 4.98 Å². The molecule has 0 aliphatic carbocycles. The Balaban J connectivity index is 2.74. The second-order valence-electron chi connectivity index (χ2n) is 5.01. The molecule has 0 radical (unpaired) electrons. The van der Waals surface area contributed by atoms with Crippen molar-refractivity contribution in [2.45, 2.75) is 27.3 Å². The smallest absolute Gasteiger partial charge is 0.330 e. The Morgan fingerprint density at radius 3 is 2.69 bits per heavy atom. The highest BCUT2D eigenvalue weighted by atomic mass is 16.2. The number of aromatic amines is 2. The highest BCUT2D eigenvalue weighted by molar-refractivity contribution is 5.68. The molecule has 0 saturated heterocycles. The summed E-state index contributed by atoms with van der Waals surface area (Å²) in [6.45, 7) is 6.55. The number of hydrogen-bond donors (Lipinski definition) is 2. The van der Waals surface area contributed by atoms with E-state index < -0.39 is 11.2 Å². The third-order valence-electron chi connectivity index (χ3n) is 2.20. The van der Waals surface area contributed by atoms with Gasteiger partial charge in [-0.15, -0.1) is 0 Å². The van der Waals surface area contributed by atoms with Crippen molar-refractivity contribution in [3.63, 3.8) is 0 Å². The summed E-state index contributed by atoms with van der Waals surface area (Å²) < 4.78 is 1.48. The molecule has 2 aromatic rings. The molecule has 6 heteroatoms. The van der Waals surface area contributed by atoms with Gasteiger partial charge in [0.2, 0.25) is 0 Å². The van der Waals surface area contributed by atoms with Gasteiger partial charge in [-0.3, -0.25) is 14.3 Å². The van der Waals surface area contributed by atoms with Crippen molar-refractivity contribution in [3.8, 4) is 0 Å². The van der Waals surface area contributed by atoms with Crippen LogP contribution in [0.1, 0.15) is 20.8 Å². The number of rotatable bonds is 1. The predicted molar refractivity (Wildman–Crippen MR) is 60.4 cm³/mol. The molecule has 2 aromatic heterocycles. The van der Waals surface area contributed by atoms with Crippen LogP contribution in [0.15, 0.2) is 15.9 Å². The lowest BCUT2D eigenvalue weighted by Crippen LogP contribution is -2.33. The Labute approximate surface area is 91.3 Å². The van der Waals surface area contributed by atoms with Crippen molar-refractivity contribution in [1.29, 1.82) is 0 Å². The number of aromatic nitrogens is 4. The van der Waals surface area contributed by atoms with E-state index in [2.05, 4.69) is 15.0 Å². The second-order valence-corrected chi connectivity index (χ2v) is 5.01. The van der Waals surface area contributed by atoms with E-state index in [1.165, 1.54) is 10.9 Å². The molecule has 2 rings (SSSR count). The molecule has 0 fully saturated rings. The van der Waals surface area contributed by atoms with Crippen LogP contribution < -0.4 is 11.2 Å². The van der Waals surface area contributed by atoms with Gasteiger partial charge in [-0.2, -0.15) is 0 Å². The van der Waals surface area contributed by atoms with Crippen molar-refractivity contribution >= 4 is 11.2 Å². The Morgan fingerprint density at radius 1 is 1.38 bits per heavy atom. The van der Waals surface area contributed by atoms with Gasteiger partial charge in [-0.1, -0.05) is 20.8 Å². The molecule has 2 heterocycles. The summed E-state index contributed by atoms with van der Waals surface area (Å²) in [5.41, 5.74) is -0.164. The number of hydrogen-bond acceptors (Lipinski definition) is 3. The standard InChI is InChI=1S/C10H14N4O2/c1-10(2,3)4-14-7-6(11-5-12-7)8(15)13-9(14)16/h5H,4H2,1-3H3,(H,11,12)(H,13,15,16). The summed E-state index contributed by atoms with van der Waals surface area (Å²) in [5.74, 6) is 0. The van der Waals surface area contributed by atoms with Gasteiger partial charge in [0.25, 0.3) is 5.56 Å². The molecule has 0 aromatic carbocycles. The minimum atomic E-state index is -0.428. The Morgan fingerprint density at radius 2 is 2.06 bits per heavy atom. The maximum absolute atomic E-state index is 11.7. The van der Waals surface area contributed by atoms with E-state index >= 15 is 0 Å². The summed E-state index contributed by atoms with van der Waals surface area (Å²) in [6.07, 6.45) is 1.42. The molecular weight excluding hydrogens is 208 g/mol. The van der Waals surface area contributed by atoms with E-state index in [-0.39, 0.29) is 5.41 Å². The van der Waals surface area contributed by atoms with Crippen LogP contribution in [0, 0.1) is 5.41 Å². The number of fused-ring (bicyclic) bond motifs is 1. The lowest BCUT2D eigenvalue weighted by Gasteiger charge is -2.19. The quantitative estimate of drug-likeness (QED) is 0.735. The van der Waals surface area contributed by atoms with Crippen molar-refractivity contribution in [2.24, 2.45) is 5.41 Å². The summed E-state index contributed by atoms with van der Waals surface area (Å²) in [5, 5.41) is 0. The van der Waals surface area contributed by atoms with Gasteiger partial charge >= 0.3 is 5.69 Å². The van der Waals surface area contributed by atoms with E-state index in [9.17, 15) is 9.59 Å². The first kappa shape index (κ1) is 10.7. The molecule has 86 valence electrons. The molecule has 0 amide bonds. The molecule has 0 atom stereocenters. The van der Waals surface area contributed by atoms with Crippen molar-refractivity contribution in [2.75, 3.05) is 0 Å². The third kappa shape index (κ3) is 1.78. The molecule has 2 N–H and O–H groups in total. The average molecular weight is 222 g/mol. The van der Waals surface area contributed by atoms with Crippen LogP contribution in [0.4, 0.5) is 0 Å². The van der Waals surface area contributed by atoms with Crippen LogP contribution in [0.5, 0.6) is 0 Å².